The summed E-state index contributed by atoms with van der Waals surface area (Å²) in [5.41, 5.74) is 0.948. The van der Waals surface area contributed by atoms with Gasteiger partial charge in [0.05, 0.1) is 25.9 Å². The van der Waals surface area contributed by atoms with Gasteiger partial charge in [0, 0.05) is 0 Å². The Kier molecular flexibility index (Phi) is 4.49. The number of carbonyl (C=O) groups excluding carboxylic acids is 1. The molecule has 0 aliphatic carbocycles. The van der Waals surface area contributed by atoms with Gasteiger partial charge in [-0.1, -0.05) is 35.2 Å². The molecular weight excluding hydrogens is 322 g/mol. The molecule has 0 amide bonds. The molecule has 0 spiro atoms. The van der Waals surface area contributed by atoms with E-state index in [0.29, 0.717) is 18.8 Å². The Morgan fingerprint density at radius 2 is 2.32 bits per heavy atom. The van der Waals surface area contributed by atoms with Crippen LogP contribution >= 0.6 is 23.1 Å². The van der Waals surface area contributed by atoms with Crippen LogP contribution in [0.3, 0.4) is 0 Å². The lowest BCUT2D eigenvalue weighted by Crippen LogP contribution is -2.44. The first-order valence-electron chi connectivity index (χ1n) is 6.66. The maximum absolute atomic E-state index is 11.8. The SMILES string of the molecule is COC(=O)[C@H]1CN(Cc2nnc(SC)s2)c2ccccc2O1. The Labute approximate surface area is 136 Å². The molecule has 0 radical (unpaired) electrons. The number of fused-ring (bicyclic) bond motifs is 1. The molecule has 8 heteroatoms. The van der Waals surface area contributed by atoms with Gasteiger partial charge >= 0.3 is 5.97 Å². The van der Waals surface area contributed by atoms with Crippen LogP contribution in [0.4, 0.5) is 5.69 Å². The van der Waals surface area contributed by atoms with Crippen LogP contribution in [0.15, 0.2) is 28.6 Å². The van der Waals surface area contributed by atoms with Gasteiger partial charge in [-0.05, 0) is 18.4 Å². The first-order valence-corrected chi connectivity index (χ1v) is 8.70. The van der Waals surface area contributed by atoms with Gasteiger partial charge in [-0.3, -0.25) is 0 Å². The van der Waals surface area contributed by atoms with Crippen molar-refractivity contribution >= 4 is 34.8 Å². The molecule has 2 heterocycles. The lowest BCUT2D eigenvalue weighted by atomic mass is 10.2. The molecule has 1 aliphatic rings. The number of para-hydroxylation sites is 2. The van der Waals surface area contributed by atoms with E-state index in [1.807, 2.05) is 30.5 Å². The lowest BCUT2D eigenvalue weighted by Gasteiger charge is -2.34. The third kappa shape index (κ3) is 3.02. The fourth-order valence-corrected chi connectivity index (χ4v) is 3.59. The van der Waals surface area contributed by atoms with Gasteiger partial charge in [-0.25, -0.2) is 4.79 Å². The monoisotopic (exact) mass is 337 g/mol. The lowest BCUT2D eigenvalue weighted by molar-refractivity contribution is -0.148. The van der Waals surface area contributed by atoms with Crippen molar-refractivity contribution in [2.75, 3.05) is 24.8 Å². The Hall–Kier alpha value is -1.80. The maximum Gasteiger partial charge on any atom is 0.348 e. The maximum atomic E-state index is 11.8. The first kappa shape index (κ1) is 15.1. The van der Waals surface area contributed by atoms with Gasteiger partial charge in [0.15, 0.2) is 4.34 Å². The number of methoxy groups -OCH3 is 1. The van der Waals surface area contributed by atoms with Crippen LogP contribution in [-0.4, -0.2) is 42.2 Å². The smallest absolute Gasteiger partial charge is 0.348 e. The summed E-state index contributed by atoms with van der Waals surface area (Å²) in [7, 11) is 1.37. The third-order valence-electron chi connectivity index (χ3n) is 3.27. The van der Waals surface area contributed by atoms with Crippen LogP contribution in [0.2, 0.25) is 0 Å². The molecule has 2 aromatic rings. The zero-order valence-corrected chi connectivity index (χ0v) is 13.8. The Morgan fingerprint density at radius 3 is 3.05 bits per heavy atom. The summed E-state index contributed by atoms with van der Waals surface area (Å²) in [6, 6.07) is 7.65. The molecule has 1 aromatic carbocycles. The molecular formula is C14H15N3O3S2. The second-order valence-corrected chi connectivity index (χ2v) is 6.76. The van der Waals surface area contributed by atoms with Crippen molar-refractivity contribution in [3.05, 3.63) is 29.3 Å². The fraction of sp³-hybridized carbons (Fsp3) is 0.357. The number of anilines is 1. The van der Waals surface area contributed by atoms with E-state index in [9.17, 15) is 4.79 Å². The average molecular weight is 337 g/mol. The number of rotatable bonds is 4. The standard InChI is InChI=1S/C14H15N3O3S2/c1-19-13(18)11-7-17(8-12-15-16-14(21-2)22-12)9-5-3-4-6-10(9)20-11/h3-6,11H,7-8H2,1-2H3/t11-/m1/s1. The Balaban J connectivity index is 1.86. The Morgan fingerprint density at radius 1 is 1.50 bits per heavy atom. The number of hydrogen-bond donors (Lipinski definition) is 0. The minimum absolute atomic E-state index is 0.374. The predicted octanol–water partition coefficient (Wildman–Crippen LogP) is 2.20. The molecule has 116 valence electrons. The largest absolute Gasteiger partial charge is 0.475 e. The molecule has 0 N–H and O–H groups in total. The van der Waals surface area contributed by atoms with Crippen molar-refractivity contribution in [2.24, 2.45) is 0 Å². The van der Waals surface area contributed by atoms with Crippen molar-refractivity contribution in [1.29, 1.82) is 0 Å². The number of aromatic nitrogens is 2. The highest BCUT2D eigenvalue weighted by Gasteiger charge is 2.31. The highest BCUT2D eigenvalue weighted by molar-refractivity contribution is 8.00. The zero-order chi connectivity index (χ0) is 15.5. The highest BCUT2D eigenvalue weighted by Crippen LogP contribution is 2.34. The molecule has 0 bridgehead atoms. The Bertz CT molecular complexity index is 677. The van der Waals surface area contributed by atoms with Gasteiger partial charge in [0.1, 0.15) is 10.8 Å². The van der Waals surface area contributed by atoms with E-state index in [0.717, 1.165) is 15.0 Å². The summed E-state index contributed by atoms with van der Waals surface area (Å²) < 4.78 is 11.5. The third-order valence-corrected chi connectivity index (χ3v) is 5.16. The summed E-state index contributed by atoms with van der Waals surface area (Å²) in [5.74, 6) is 0.306. The second kappa shape index (κ2) is 6.53. The summed E-state index contributed by atoms with van der Waals surface area (Å²) in [6.45, 7) is 1.02. The number of hydrogen-bond acceptors (Lipinski definition) is 8. The number of ether oxygens (including phenoxy) is 2. The molecule has 0 saturated heterocycles. The van der Waals surface area contributed by atoms with Crippen LogP contribution < -0.4 is 9.64 Å². The number of thioether (sulfide) groups is 1. The van der Waals surface area contributed by atoms with Crippen molar-refractivity contribution in [3.8, 4) is 5.75 Å². The van der Waals surface area contributed by atoms with Crippen molar-refractivity contribution < 1.29 is 14.3 Å². The van der Waals surface area contributed by atoms with Gasteiger partial charge in [-0.15, -0.1) is 10.2 Å². The fourth-order valence-electron chi connectivity index (χ4n) is 2.26. The number of benzene rings is 1. The van der Waals surface area contributed by atoms with Gasteiger partial charge in [-0.2, -0.15) is 0 Å². The molecule has 1 aromatic heterocycles. The van der Waals surface area contributed by atoms with Gasteiger partial charge in [0.2, 0.25) is 6.10 Å². The predicted molar refractivity (Wildman–Crippen MR) is 85.6 cm³/mol. The van der Waals surface area contributed by atoms with Gasteiger partial charge in [0.25, 0.3) is 0 Å². The highest BCUT2D eigenvalue weighted by atomic mass is 32.2. The average Bonchev–Trinajstić information content (AvgIpc) is 3.01. The molecule has 3 rings (SSSR count). The minimum atomic E-state index is -0.632. The van der Waals surface area contributed by atoms with Crippen LogP contribution in [0.25, 0.3) is 0 Å². The second-order valence-electron chi connectivity index (χ2n) is 4.64. The van der Waals surface area contributed by atoms with E-state index in [4.69, 9.17) is 9.47 Å². The quantitative estimate of drug-likeness (QED) is 0.626. The van der Waals surface area contributed by atoms with Crippen molar-refractivity contribution in [1.82, 2.24) is 10.2 Å². The summed E-state index contributed by atoms with van der Waals surface area (Å²) in [5, 5.41) is 9.21. The molecule has 1 atom stereocenters. The molecule has 0 unspecified atom stereocenters. The molecule has 6 nitrogen and oxygen atoms in total. The number of carbonyl (C=O) groups is 1. The molecule has 1 aliphatic heterocycles. The van der Waals surface area contributed by atoms with Crippen LogP contribution in [-0.2, 0) is 16.1 Å². The van der Waals surface area contributed by atoms with Crippen molar-refractivity contribution in [2.45, 2.75) is 17.0 Å². The summed E-state index contributed by atoms with van der Waals surface area (Å²) in [4.78, 5) is 13.9. The van der Waals surface area contributed by atoms with E-state index < -0.39 is 6.10 Å². The van der Waals surface area contributed by atoms with Crippen LogP contribution in [0, 0.1) is 0 Å². The van der Waals surface area contributed by atoms with Crippen LogP contribution in [0.1, 0.15) is 5.01 Å². The molecule has 22 heavy (non-hydrogen) atoms. The minimum Gasteiger partial charge on any atom is -0.475 e. The van der Waals surface area contributed by atoms with E-state index in [1.54, 1.807) is 23.1 Å². The molecule has 0 fully saturated rings. The normalized spacial score (nSPS) is 16.8. The summed E-state index contributed by atoms with van der Waals surface area (Å²) >= 11 is 3.13. The summed E-state index contributed by atoms with van der Waals surface area (Å²) in [6.07, 6.45) is 1.34. The van der Waals surface area contributed by atoms with Gasteiger partial charge < -0.3 is 14.4 Å². The topological polar surface area (TPSA) is 64.5 Å². The van der Waals surface area contributed by atoms with E-state index in [2.05, 4.69) is 15.1 Å². The first-order chi connectivity index (χ1) is 10.7. The molecule has 0 saturated carbocycles. The number of nitrogens with zero attached hydrogens (tertiary/aromatic N) is 3. The van der Waals surface area contributed by atoms with E-state index >= 15 is 0 Å². The van der Waals surface area contributed by atoms with Crippen molar-refractivity contribution in [3.63, 3.8) is 0 Å². The van der Waals surface area contributed by atoms with E-state index in [-0.39, 0.29) is 5.97 Å². The zero-order valence-electron chi connectivity index (χ0n) is 12.2. The van der Waals surface area contributed by atoms with E-state index in [1.165, 1.54) is 7.11 Å². The number of esters is 1. The van der Waals surface area contributed by atoms with Crippen LogP contribution in [0.5, 0.6) is 5.75 Å².